The van der Waals surface area contributed by atoms with Crippen molar-refractivity contribution >= 4 is 23.6 Å². The molecule has 0 aromatic carbocycles. The van der Waals surface area contributed by atoms with E-state index in [2.05, 4.69) is 5.10 Å². The Bertz CT molecular complexity index is 548. The van der Waals surface area contributed by atoms with Crippen molar-refractivity contribution < 1.29 is 19.4 Å². The molecule has 9 heteroatoms. The molecule has 2 rings (SSSR count). The molecule has 0 spiro atoms. The topological polar surface area (TPSA) is 137 Å². The van der Waals surface area contributed by atoms with Crippen LogP contribution in [0, 0.1) is 0 Å². The van der Waals surface area contributed by atoms with Gasteiger partial charge in [-0.3, -0.25) is 4.79 Å². The van der Waals surface area contributed by atoms with Crippen LogP contribution in [0.4, 0.5) is 11.6 Å². The van der Waals surface area contributed by atoms with E-state index in [1.807, 2.05) is 4.90 Å². The Kier molecular flexibility index (Phi) is 4.32. The quantitative estimate of drug-likeness (QED) is 0.618. The second kappa shape index (κ2) is 6.00. The minimum Gasteiger partial charge on any atom is -0.480 e. The molecule has 9 nitrogen and oxygen atoms in total. The first-order valence-corrected chi connectivity index (χ1v) is 6.61. The van der Waals surface area contributed by atoms with Crippen molar-refractivity contribution in [3.63, 3.8) is 0 Å². The van der Waals surface area contributed by atoms with E-state index in [0.717, 1.165) is 17.5 Å². The number of nitrogen functional groups attached to an aromatic ring is 1. The lowest BCUT2D eigenvalue weighted by Crippen LogP contribution is -2.40. The van der Waals surface area contributed by atoms with Crippen LogP contribution in [0.5, 0.6) is 0 Å². The Hall–Kier alpha value is -2.29. The summed E-state index contributed by atoms with van der Waals surface area (Å²) in [4.78, 5) is 24.6. The monoisotopic (exact) mass is 297 g/mol. The average Bonchev–Trinajstić information content (AvgIpc) is 2.75. The summed E-state index contributed by atoms with van der Waals surface area (Å²) in [5.41, 5.74) is 11.8. The van der Waals surface area contributed by atoms with E-state index in [9.17, 15) is 9.59 Å². The SMILES string of the molecule is COC(=O)c1c(N2CCC(N)CC2)nn(CC(=O)O)c1N. The first-order chi connectivity index (χ1) is 9.93. The van der Waals surface area contributed by atoms with E-state index < -0.39 is 18.5 Å². The molecule has 1 aliphatic heterocycles. The van der Waals surface area contributed by atoms with Gasteiger partial charge in [0, 0.05) is 19.1 Å². The maximum atomic E-state index is 11.9. The fraction of sp³-hybridized carbons (Fsp3) is 0.583. The molecule has 1 saturated heterocycles. The number of methoxy groups -OCH3 is 1. The number of hydrogen-bond donors (Lipinski definition) is 3. The second-order valence-corrected chi connectivity index (χ2v) is 4.95. The van der Waals surface area contributed by atoms with E-state index in [4.69, 9.17) is 21.3 Å². The third kappa shape index (κ3) is 3.07. The van der Waals surface area contributed by atoms with Crippen molar-refractivity contribution in [2.75, 3.05) is 30.8 Å². The Morgan fingerprint density at radius 2 is 2.05 bits per heavy atom. The van der Waals surface area contributed by atoms with E-state index >= 15 is 0 Å². The summed E-state index contributed by atoms with van der Waals surface area (Å²) in [6.07, 6.45) is 1.54. The summed E-state index contributed by atoms with van der Waals surface area (Å²) in [6, 6.07) is 0.126. The molecule has 0 bridgehead atoms. The summed E-state index contributed by atoms with van der Waals surface area (Å²) in [5.74, 6) is -1.37. The maximum Gasteiger partial charge on any atom is 0.345 e. The Morgan fingerprint density at radius 3 is 2.57 bits per heavy atom. The number of nitrogens with zero attached hydrogens (tertiary/aromatic N) is 3. The molecule has 0 aliphatic carbocycles. The van der Waals surface area contributed by atoms with Gasteiger partial charge in [-0.15, -0.1) is 0 Å². The van der Waals surface area contributed by atoms with Crippen LogP contribution in [0.15, 0.2) is 0 Å². The van der Waals surface area contributed by atoms with Gasteiger partial charge in [-0.25, -0.2) is 9.48 Å². The van der Waals surface area contributed by atoms with Gasteiger partial charge >= 0.3 is 11.9 Å². The summed E-state index contributed by atoms with van der Waals surface area (Å²) in [6.45, 7) is 0.854. The largest absolute Gasteiger partial charge is 0.480 e. The summed E-state index contributed by atoms with van der Waals surface area (Å²) in [7, 11) is 1.24. The number of piperidine rings is 1. The van der Waals surface area contributed by atoms with E-state index in [1.165, 1.54) is 7.11 Å². The summed E-state index contributed by atoms with van der Waals surface area (Å²) in [5, 5.41) is 13.0. The normalized spacial score (nSPS) is 16.0. The zero-order valence-electron chi connectivity index (χ0n) is 11.8. The molecule has 1 aliphatic rings. The lowest BCUT2D eigenvalue weighted by atomic mass is 10.1. The number of anilines is 2. The van der Waals surface area contributed by atoms with Crippen molar-refractivity contribution in [1.29, 1.82) is 0 Å². The van der Waals surface area contributed by atoms with E-state index in [-0.39, 0.29) is 17.4 Å². The fourth-order valence-electron chi connectivity index (χ4n) is 2.34. The number of hydrogen-bond acceptors (Lipinski definition) is 7. The van der Waals surface area contributed by atoms with Gasteiger partial charge in [0.15, 0.2) is 5.82 Å². The molecule has 0 atom stereocenters. The molecule has 116 valence electrons. The highest BCUT2D eigenvalue weighted by molar-refractivity contribution is 6.00. The van der Waals surface area contributed by atoms with Crippen molar-refractivity contribution in [2.24, 2.45) is 5.73 Å². The standard InChI is InChI=1S/C12H19N5O4/c1-21-12(20)9-10(14)17(6-8(18)19)15-11(9)16-4-2-7(13)3-5-16/h7H,2-6,13-14H2,1H3,(H,18,19). The Labute approximate surface area is 121 Å². The predicted octanol–water partition coefficient (Wildman–Crippen LogP) is -0.736. The zero-order valence-corrected chi connectivity index (χ0v) is 11.8. The number of rotatable bonds is 4. The van der Waals surface area contributed by atoms with Crippen molar-refractivity contribution in [3.05, 3.63) is 5.56 Å². The molecule has 0 saturated carbocycles. The van der Waals surface area contributed by atoms with Crippen LogP contribution in [0.2, 0.25) is 0 Å². The van der Waals surface area contributed by atoms with Gasteiger partial charge in [-0.05, 0) is 12.8 Å². The lowest BCUT2D eigenvalue weighted by Gasteiger charge is -2.30. The highest BCUT2D eigenvalue weighted by atomic mass is 16.5. The van der Waals surface area contributed by atoms with Gasteiger partial charge in [0.1, 0.15) is 17.9 Å². The van der Waals surface area contributed by atoms with Gasteiger partial charge in [-0.2, -0.15) is 5.10 Å². The Balaban J connectivity index is 2.38. The third-order valence-corrected chi connectivity index (χ3v) is 3.49. The van der Waals surface area contributed by atoms with Gasteiger partial charge in [-0.1, -0.05) is 0 Å². The second-order valence-electron chi connectivity index (χ2n) is 4.95. The van der Waals surface area contributed by atoms with Gasteiger partial charge in [0.05, 0.1) is 7.11 Å². The molecular formula is C12H19N5O4. The third-order valence-electron chi connectivity index (χ3n) is 3.49. The highest BCUT2D eigenvalue weighted by Crippen LogP contribution is 2.28. The van der Waals surface area contributed by atoms with Crippen LogP contribution < -0.4 is 16.4 Å². The lowest BCUT2D eigenvalue weighted by molar-refractivity contribution is -0.137. The Morgan fingerprint density at radius 1 is 1.43 bits per heavy atom. The number of carbonyl (C=O) groups is 2. The van der Waals surface area contributed by atoms with E-state index in [0.29, 0.717) is 18.9 Å². The molecule has 5 N–H and O–H groups in total. The molecule has 2 heterocycles. The zero-order chi connectivity index (χ0) is 15.6. The number of ether oxygens (including phenoxy) is 1. The highest BCUT2D eigenvalue weighted by Gasteiger charge is 2.29. The number of carboxylic acid groups (broad SMARTS) is 1. The van der Waals surface area contributed by atoms with Gasteiger partial charge in [0.25, 0.3) is 0 Å². The summed E-state index contributed by atoms with van der Waals surface area (Å²) >= 11 is 0. The molecule has 1 aromatic heterocycles. The molecule has 0 amide bonds. The number of carbonyl (C=O) groups excluding carboxylic acids is 1. The minimum absolute atomic E-state index is 0.00544. The number of esters is 1. The number of nitrogens with two attached hydrogens (primary N) is 2. The van der Waals surface area contributed by atoms with Crippen molar-refractivity contribution in [2.45, 2.75) is 25.4 Å². The van der Waals surface area contributed by atoms with Crippen LogP contribution >= 0.6 is 0 Å². The first-order valence-electron chi connectivity index (χ1n) is 6.61. The molecule has 1 aromatic rings. The van der Waals surface area contributed by atoms with Crippen LogP contribution in [0.25, 0.3) is 0 Å². The van der Waals surface area contributed by atoms with Crippen LogP contribution in [0.3, 0.4) is 0 Å². The molecule has 1 fully saturated rings. The van der Waals surface area contributed by atoms with Crippen LogP contribution in [-0.4, -0.2) is 53.1 Å². The predicted molar refractivity (Wildman–Crippen MR) is 75.0 cm³/mol. The maximum absolute atomic E-state index is 11.9. The summed E-state index contributed by atoms with van der Waals surface area (Å²) < 4.78 is 5.81. The van der Waals surface area contributed by atoms with Gasteiger partial charge < -0.3 is 26.2 Å². The molecule has 0 unspecified atom stereocenters. The number of aromatic nitrogens is 2. The smallest absolute Gasteiger partial charge is 0.345 e. The molecule has 21 heavy (non-hydrogen) atoms. The van der Waals surface area contributed by atoms with E-state index in [1.54, 1.807) is 0 Å². The molecular weight excluding hydrogens is 278 g/mol. The fourth-order valence-corrected chi connectivity index (χ4v) is 2.34. The average molecular weight is 297 g/mol. The minimum atomic E-state index is -1.09. The van der Waals surface area contributed by atoms with Gasteiger partial charge in [0.2, 0.25) is 0 Å². The van der Waals surface area contributed by atoms with Crippen LogP contribution in [0.1, 0.15) is 23.2 Å². The first kappa shape index (κ1) is 15.1. The molecule has 0 radical (unpaired) electrons. The van der Waals surface area contributed by atoms with Crippen molar-refractivity contribution in [3.8, 4) is 0 Å². The van der Waals surface area contributed by atoms with Crippen molar-refractivity contribution in [1.82, 2.24) is 9.78 Å². The number of carboxylic acids is 1. The van der Waals surface area contributed by atoms with Crippen LogP contribution in [-0.2, 0) is 16.1 Å². The number of aliphatic carboxylic acids is 1.